The topological polar surface area (TPSA) is 71.1 Å². The molecule has 27 heavy (non-hydrogen) atoms. The van der Waals surface area contributed by atoms with Gasteiger partial charge in [-0.1, -0.05) is 11.6 Å². The van der Waals surface area contributed by atoms with Crippen molar-refractivity contribution in [2.24, 2.45) is 0 Å². The number of rotatable bonds is 5. The van der Waals surface area contributed by atoms with Crippen molar-refractivity contribution in [1.82, 2.24) is 4.98 Å². The van der Waals surface area contributed by atoms with Crippen molar-refractivity contribution >= 4 is 45.6 Å². The first kappa shape index (κ1) is 18.9. The number of carbonyl (C=O) groups is 2. The van der Waals surface area contributed by atoms with Gasteiger partial charge < -0.3 is 5.32 Å². The zero-order chi connectivity index (χ0) is 19.4. The first-order chi connectivity index (χ1) is 12.9. The van der Waals surface area contributed by atoms with E-state index in [1.54, 1.807) is 29.6 Å². The van der Waals surface area contributed by atoms with Gasteiger partial charge in [0.2, 0.25) is 5.91 Å². The van der Waals surface area contributed by atoms with Crippen molar-refractivity contribution in [3.05, 3.63) is 75.8 Å². The molecule has 2 amide bonds. The van der Waals surface area contributed by atoms with E-state index < -0.39 is 17.5 Å². The normalized spacial score (nSPS) is 10.5. The van der Waals surface area contributed by atoms with Crippen molar-refractivity contribution in [2.75, 3.05) is 10.6 Å². The summed E-state index contributed by atoms with van der Waals surface area (Å²) in [6.07, 6.45) is -0.0771. The van der Waals surface area contributed by atoms with Crippen LogP contribution in [0, 0.1) is 11.6 Å². The fourth-order valence-corrected chi connectivity index (χ4v) is 2.99. The van der Waals surface area contributed by atoms with E-state index in [1.165, 1.54) is 17.4 Å². The van der Waals surface area contributed by atoms with E-state index in [0.29, 0.717) is 21.4 Å². The standard InChI is InChI=1S/C18H12ClF2N3O2S/c19-11-3-1-10(2-4-11)17(26)24-18-23-13(9-27-18)8-16(25)22-12-5-6-14(20)15(21)7-12/h1-7,9H,8H2,(H,22,25)(H,23,24,26). The highest BCUT2D eigenvalue weighted by Gasteiger charge is 2.12. The fourth-order valence-electron chi connectivity index (χ4n) is 2.16. The molecule has 0 radical (unpaired) electrons. The van der Waals surface area contributed by atoms with Crippen LogP contribution in [0.5, 0.6) is 0 Å². The van der Waals surface area contributed by atoms with Crippen LogP contribution < -0.4 is 10.6 Å². The highest BCUT2D eigenvalue weighted by molar-refractivity contribution is 7.14. The van der Waals surface area contributed by atoms with Gasteiger partial charge in [0.1, 0.15) is 0 Å². The van der Waals surface area contributed by atoms with Crippen LogP contribution in [0.15, 0.2) is 47.8 Å². The van der Waals surface area contributed by atoms with Crippen LogP contribution in [0.3, 0.4) is 0 Å². The Morgan fingerprint density at radius 3 is 2.48 bits per heavy atom. The number of amides is 2. The lowest BCUT2D eigenvalue weighted by molar-refractivity contribution is -0.115. The first-order valence-electron chi connectivity index (χ1n) is 7.67. The van der Waals surface area contributed by atoms with Crippen molar-refractivity contribution in [3.8, 4) is 0 Å². The summed E-state index contributed by atoms with van der Waals surface area (Å²) in [5.41, 5.74) is 1.00. The number of thiazole rings is 1. The van der Waals surface area contributed by atoms with Crippen LogP contribution in [-0.2, 0) is 11.2 Å². The maximum atomic E-state index is 13.2. The molecule has 0 aliphatic rings. The SMILES string of the molecule is O=C(Cc1csc(NC(=O)c2ccc(Cl)cc2)n1)Nc1ccc(F)c(F)c1. The fraction of sp³-hybridized carbons (Fsp3) is 0.0556. The molecule has 9 heteroatoms. The summed E-state index contributed by atoms with van der Waals surface area (Å²) in [6, 6.07) is 9.46. The minimum absolute atomic E-state index is 0.0771. The molecule has 2 aromatic carbocycles. The van der Waals surface area contributed by atoms with Gasteiger partial charge in [-0.2, -0.15) is 0 Å². The van der Waals surface area contributed by atoms with Gasteiger partial charge in [-0.25, -0.2) is 13.8 Å². The predicted octanol–water partition coefficient (Wildman–Crippen LogP) is 4.51. The molecule has 0 aliphatic carbocycles. The minimum Gasteiger partial charge on any atom is -0.326 e. The summed E-state index contributed by atoms with van der Waals surface area (Å²) in [5, 5.41) is 7.58. The Labute approximate surface area is 162 Å². The smallest absolute Gasteiger partial charge is 0.257 e. The van der Waals surface area contributed by atoms with Crippen LogP contribution >= 0.6 is 22.9 Å². The third-order valence-electron chi connectivity index (χ3n) is 3.42. The Morgan fingerprint density at radius 1 is 1.04 bits per heavy atom. The number of halogens is 3. The molecule has 0 saturated heterocycles. The van der Waals surface area contributed by atoms with Crippen molar-refractivity contribution in [2.45, 2.75) is 6.42 Å². The predicted molar refractivity (Wildman–Crippen MR) is 100 cm³/mol. The number of carbonyl (C=O) groups excluding carboxylic acids is 2. The molecular formula is C18H12ClF2N3O2S. The maximum Gasteiger partial charge on any atom is 0.257 e. The van der Waals surface area contributed by atoms with Crippen LogP contribution in [0.1, 0.15) is 16.1 Å². The lowest BCUT2D eigenvalue weighted by Crippen LogP contribution is -2.15. The van der Waals surface area contributed by atoms with Gasteiger partial charge in [0.15, 0.2) is 16.8 Å². The zero-order valence-corrected chi connectivity index (χ0v) is 15.2. The maximum absolute atomic E-state index is 13.2. The van der Waals surface area contributed by atoms with Crippen molar-refractivity contribution in [3.63, 3.8) is 0 Å². The zero-order valence-electron chi connectivity index (χ0n) is 13.6. The number of hydrogen-bond acceptors (Lipinski definition) is 4. The molecule has 0 saturated carbocycles. The van der Waals surface area contributed by atoms with E-state index in [-0.39, 0.29) is 18.0 Å². The van der Waals surface area contributed by atoms with E-state index in [9.17, 15) is 18.4 Å². The Balaban J connectivity index is 1.58. The highest BCUT2D eigenvalue weighted by atomic mass is 35.5. The molecule has 3 rings (SSSR count). The molecule has 1 heterocycles. The second kappa shape index (κ2) is 8.24. The number of hydrogen-bond donors (Lipinski definition) is 2. The summed E-state index contributed by atoms with van der Waals surface area (Å²) in [7, 11) is 0. The Hall–Kier alpha value is -2.84. The number of nitrogens with one attached hydrogen (secondary N) is 2. The Bertz CT molecular complexity index is 993. The van der Waals surface area contributed by atoms with E-state index in [0.717, 1.165) is 12.1 Å². The third-order valence-corrected chi connectivity index (χ3v) is 4.48. The highest BCUT2D eigenvalue weighted by Crippen LogP contribution is 2.19. The Morgan fingerprint density at radius 2 is 1.78 bits per heavy atom. The molecule has 2 N–H and O–H groups in total. The molecule has 5 nitrogen and oxygen atoms in total. The van der Waals surface area contributed by atoms with E-state index >= 15 is 0 Å². The van der Waals surface area contributed by atoms with Crippen LogP contribution in [0.2, 0.25) is 5.02 Å². The number of aromatic nitrogens is 1. The molecule has 0 bridgehead atoms. The quantitative estimate of drug-likeness (QED) is 0.653. The second-order valence-corrected chi connectivity index (χ2v) is 6.75. The lowest BCUT2D eigenvalue weighted by Gasteiger charge is -2.04. The first-order valence-corrected chi connectivity index (χ1v) is 8.93. The van der Waals surface area contributed by atoms with Crippen LogP contribution in [0.25, 0.3) is 0 Å². The second-order valence-electron chi connectivity index (χ2n) is 5.46. The summed E-state index contributed by atoms with van der Waals surface area (Å²) < 4.78 is 26.1. The molecule has 3 aromatic rings. The van der Waals surface area contributed by atoms with Crippen LogP contribution in [0.4, 0.5) is 19.6 Å². The van der Waals surface area contributed by atoms with Crippen molar-refractivity contribution in [1.29, 1.82) is 0 Å². The van der Waals surface area contributed by atoms with Gasteiger partial charge in [0, 0.05) is 27.7 Å². The largest absolute Gasteiger partial charge is 0.326 e. The lowest BCUT2D eigenvalue weighted by atomic mass is 10.2. The van der Waals surface area contributed by atoms with E-state index in [1.807, 2.05) is 0 Å². The summed E-state index contributed by atoms with van der Waals surface area (Å²) in [5.74, 6) is -2.83. The molecule has 0 unspecified atom stereocenters. The summed E-state index contributed by atoms with van der Waals surface area (Å²) in [4.78, 5) is 28.3. The molecule has 138 valence electrons. The number of nitrogens with zero attached hydrogens (tertiary/aromatic N) is 1. The van der Waals surface area contributed by atoms with Gasteiger partial charge in [-0.05, 0) is 36.4 Å². The average molecular weight is 408 g/mol. The molecule has 0 atom stereocenters. The average Bonchev–Trinajstić information content (AvgIpc) is 3.05. The van der Waals surface area contributed by atoms with Gasteiger partial charge >= 0.3 is 0 Å². The van der Waals surface area contributed by atoms with Gasteiger partial charge in [0.25, 0.3) is 5.91 Å². The summed E-state index contributed by atoms with van der Waals surface area (Å²) >= 11 is 6.95. The number of benzene rings is 2. The monoisotopic (exact) mass is 407 g/mol. The van der Waals surface area contributed by atoms with Gasteiger partial charge in [-0.15, -0.1) is 11.3 Å². The van der Waals surface area contributed by atoms with Gasteiger partial charge in [0.05, 0.1) is 12.1 Å². The minimum atomic E-state index is -1.05. The van der Waals surface area contributed by atoms with E-state index in [4.69, 9.17) is 11.6 Å². The molecular weight excluding hydrogens is 396 g/mol. The van der Waals surface area contributed by atoms with Crippen LogP contribution in [-0.4, -0.2) is 16.8 Å². The molecule has 1 aromatic heterocycles. The summed E-state index contributed by atoms with van der Waals surface area (Å²) in [6.45, 7) is 0. The van der Waals surface area contributed by atoms with Crippen molar-refractivity contribution < 1.29 is 18.4 Å². The van der Waals surface area contributed by atoms with E-state index in [2.05, 4.69) is 15.6 Å². The Kier molecular flexibility index (Phi) is 5.78. The third kappa shape index (κ3) is 5.08. The molecule has 0 spiro atoms. The molecule has 0 fully saturated rings. The number of anilines is 2. The van der Waals surface area contributed by atoms with Gasteiger partial charge in [-0.3, -0.25) is 14.9 Å². The molecule has 0 aliphatic heterocycles.